The zero-order chi connectivity index (χ0) is 11.0. The van der Waals surface area contributed by atoms with Gasteiger partial charge in [0.05, 0.1) is 12.1 Å². The van der Waals surface area contributed by atoms with Crippen LogP contribution in [-0.2, 0) is 4.79 Å². The van der Waals surface area contributed by atoms with Crippen LogP contribution >= 0.6 is 0 Å². The Kier molecular flexibility index (Phi) is 2.98. The van der Waals surface area contributed by atoms with Crippen molar-refractivity contribution in [3.63, 3.8) is 0 Å². The number of carbonyl (C=O) groups excluding carboxylic acids is 1. The maximum atomic E-state index is 11.7. The molecule has 0 aromatic carbocycles. The van der Waals surface area contributed by atoms with E-state index < -0.39 is 0 Å². The molecule has 15 heavy (non-hydrogen) atoms. The van der Waals surface area contributed by atoms with Gasteiger partial charge in [0.2, 0.25) is 5.91 Å². The molecule has 1 unspecified atom stereocenters. The van der Waals surface area contributed by atoms with E-state index in [1.807, 2.05) is 14.1 Å². The van der Waals surface area contributed by atoms with Crippen molar-refractivity contribution in [1.82, 2.24) is 9.80 Å². The van der Waals surface area contributed by atoms with Crippen LogP contribution in [0.25, 0.3) is 0 Å². The first-order chi connectivity index (χ1) is 7.08. The van der Waals surface area contributed by atoms with Crippen LogP contribution in [0.5, 0.6) is 0 Å². The molecule has 1 heterocycles. The van der Waals surface area contributed by atoms with E-state index in [9.17, 15) is 9.90 Å². The third-order valence-electron chi connectivity index (χ3n) is 3.69. The van der Waals surface area contributed by atoms with E-state index in [4.69, 9.17) is 0 Å². The second-order valence-corrected chi connectivity index (χ2v) is 5.00. The topological polar surface area (TPSA) is 43.8 Å². The summed E-state index contributed by atoms with van der Waals surface area (Å²) in [5.74, 6) is 0.834. The average Bonchev–Trinajstić information content (AvgIpc) is 2.45. The molecule has 4 heteroatoms. The Morgan fingerprint density at radius 1 is 1.53 bits per heavy atom. The number of likely N-dealkylation sites (N-methyl/N-ethyl adjacent to an activating group) is 2. The number of rotatable bonds is 3. The summed E-state index contributed by atoms with van der Waals surface area (Å²) < 4.78 is 0. The minimum Gasteiger partial charge on any atom is -0.393 e. The van der Waals surface area contributed by atoms with Crippen molar-refractivity contribution in [2.24, 2.45) is 5.92 Å². The lowest BCUT2D eigenvalue weighted by Gasteiger charge is -2.36. The normalized spacial score (nSPS) is 36.1. The number of hydrogen-bond donors (Lipinski definition) is 1. The Balaban J connectivity index is 1.81. The molecule has 0 aromatic rings. The number of carbonyl (C=O) groups is 1. The maximum Gasteiger partial charge on any atom is 0.239 e. The Morgan fingerprint density at radius 2 is 2.20 bits per heavy atom. The highest BCUT2D eigenvalue weighted by Gasteiger charge is 2.35. The maximum absolute atomic E-state index is 11.7. The molecule has 1 saturated heterocycles. The van der Waals surface area contributed by atoms with Crippen molar-refractivity contribution in [2.45, 2.75) is 31.4 Å². The fourth-order valence-electron chi connectivity index (χ4n) is 2.60. The zero-order valence-corrected chi connectivity index (χ0v) is 9.52. The van der Waals surface area contributed by atoms with E-state index in [1.165, 1.54) is 0 Å². The van der Waals surface area contributed by atoms with Gasteiger partial charge >= 0.3 is 0 Å². The molecule has 86 valence electrons. The van der Waals surface area contributed by atoms with Crippen molar-refractivity contribution in [1.29, 1.82) is 0 Å². The van der Waals surface area contributed by atoms with Crippen LogP contribution in [0.3, 0.4) is 0 Å². The monoisotopic (exact) mass is 212 g/mol. The van der Waals surface area contributed by atoms with Gasteiger partial charge in [0.25, 0.3) is 0 Å². The fraction of sp³-hybridized carbons (Fsp3) is 0.909. The fourth-order valence-corrected chi connectivity index (χ4v) is 2.60. The Labute approximate surface area is 90.9 Å². The first-order valence-corrected chi connectivity index (χ1v) is 5.71. The molecule has 1 aliphatic carbocycles. The van der Waals surface area contributed by atoms with Crippen LogP contribution in [0.2, 0.25) is 0 Å². The van der Waals surface area contributed by atoms with Gasteiger partial charge < -0.3 is 10.0 Å². The summed E-state index contributed by atoms with van der Waals surface area (Å²) in [6, 6.07) is 0.0766. The first-order valence-electron chi connectivity index (χ1n) is 5.71. The molecule has 4 nitrogen and oxygen atoms in total. The highest BCUT2D eigenvalue weighted by Crippen LogP contribution is 2.28. The third-order valence-corrected chi connectivity index (χ3v) is 3.69. The van der Waals surface area contributed by atoms with Crippen LogP contribution in [0.4, 0.5) is 0 Å². The van der Waals surface area contributed by atoms with Crippen LogP contribution < -0.4 is 0 Å². The number of nitrogens with zero attached hydrogens (tertiary/aromatic N) is 2. The predicted octanol–water partition coefficient (Wildman–Crippen LogP) is -0.0802. The van der Waals surface area contributed by atoms with Gasteiger partial charge in [0.15, 0.2) is 0 Å². The summed E-state index contributed by atoms with van der Waals surface area (Å²) in [5.41, 5.74) is 0. The van der Waals surface area contributed by atoms with Crippen molar-refractivity contribution in [3.05, 3.63) is 0 Å². The highest BCUT2D eigenvalue weighted by molar-refractivity contribution is 5.83. The molecular formula is C11H20N2O2. The van der Waals surface area contributed by atoms with Crippen LogP contribution in [0, 0.1) is 5.92 Å². The second kappa shape index (κ2) is 4.10. The van der Waals surface area contributed by atoms with E-state index in [1.54, 1.807) is 4.90 Å². The molecule has 1 saturated carbocycles. The molecule has 0 aromatic heterocycles. The first kappa shape index (κ1) is 10.9. The van der Waals surface area contributed by atoms with E-state index in [-0.39, 0.29) is 18.1 Å². The van der Waals surface area contributed by atoms with Gasteiger partial charge in [-0.2, -0.15) is 0 Å². The van der Waals surface area contributed by atoms with Gasteiger partial charge in [-0.05, 0) is 32.2 Å². The Morgan fingerprint density at radius 3 is 2.67 bits per heavy atom. The van der Waals surface area contributed by atoms with E-state index in [2.05, 4.69) is 4.90 Å². The third kappa shape index (κ3) is 2.16. The predicted molar refractivity (Wildman–Crippen MR) is 57.4 cm³/mol. The molecule has 0 bridgehead atoms. The molecule has 1 atom stereocenters. The van der Waals surface area contributed by atoms with Gasteiger partial charge in [-0.3, -0.25) is 9.69 Å². The SMILES string of the molecule is CN1CCC(N(C)CC2CC(O)C2)C1=O. The molecule has 0 spiro atoms. The van der Waals surface area contributed by atoms with Gasteiger partial charge in [-0.15, -0.1) is 0 Å². The van der Waals surface area contributed by atoms with Crippen LogP contribution in [-0.4, -0.2) is 60.1 Å². The molecule has 0 radical (unpaired) electrons. The van der Waals surface area contributed by atoms with Crippen LogP contribution in [0.15, 0.2) is 0 Å². The Hall–Kier alpha value is -0.610. The van der Waals surface area contributed by atoms with Crippen molar-refractivity contribution in [2.75, 3.05) is 27.2 Å². The number of aliphatic hydroxyl groups excluding tert-OH is 1. The molecule has 1 amide bonds. The molecule has 1 aliphatic heterocycles. The van der Waals surface area contributed by atoms with E-state index >= 15 is 0 Å². The summed E-state index contributed by atoms with van der Waals surface area (Å²) in [4.78, 5) is 15.7. The lowest BCUT2D eigenvalue weighted by molar-refractivity contribution is -0.131. The van der Waals surface area contributed by atoms with Gasteiger partial charge in [0, 0.05) is 20.1 Å². The average molecular weight is 212 g/mol. The van der Waals surface area contributed by atoms with Crippen molar-refractivity contribution < 1.29 is 9.90 Å². The minimum atomic E-state index is -0.0923. The van der Waals surface area contributed by atoms with Crippen molar-refractivity contribution in [3.8, 4) is 0 Å². The standard InChI is InChI=1S/C11H20N2O2/c1-12-4-3-10(11(12)15)13(2)7-8-5-9(14)6-8/h8-10,14H,3-7H2,1-2H3. The molecule has 2 aliphatic rings. The van der Waals surface area contributed by atoms with Gasteiger partial charge in [0.1, 0.15) is 0 Å². The quantitative estimate of drug-likeness (QED) is 0.711. The summed E-state index contributed by atoms with van der Waals surface area (Å²) >= 11 is 0. The van der Waals surface area contributed by atoms with Crippen LogP contribution in [0.1, 0.15) is 19.3 Å². The molecule has 2 fully saturated rings. The Bertz CT molecular complexity index is 251. The molecule has 1 N–H and O–H groups in total. The number of amides is 1. The number of hydrogen-bond acceptors (Lipinski definition) is 3. The second-order valence-electron chi connectivity index (χ2n) is 5.00. The van der Waals surface area contributed by atoms with Gasteiger partial charge in [-0.1, -0.05) is 0 Å². The number of likely N-dealkylation sites (tertiary alicyclic amines) is 1. The van der Waals surface area contributed by atoms with Gasteiger partial charge in [-0.25, -0.2) is 0 Å². The minimum absolute atomic E-state index is 0.0766. The molecule has 2 rings (SSSR count). The largest absolute Gasteiger partial charge is 0.393 e. The smallest absolute Gasteiger partial charge is 0.239 e. The van der Waals surface area contributed by atoms with Crippen molar-refractivity contribution >= 4 is 5.91 Å². The summed E-state index contributed by atoms with van der Waals surface area (Å²) in [6.07, 6.45) is 2.66. The lowest BCUT2D eigenvalue weighted by Crippen LogP contribution is -2.44. The summed E-state index contributed by atoms with van der Waals surface area (Å²) in [6.45, 7) is 1.82. The zero-order valence-electron chi connectivity index (χ0n) is 9.52. The highest BCUT2D eigenvalue weighted by atomic mass is 16.3. The lowest BCUT2D eigenvalue weighted by atomic mass is 9.82. The molecular weight excluding hydrogens is 192 g/mol. The summed E-state index contributed by atoms with van der Waals surface area (Å²) in [5, 5.41) is 9.20. The number of aliphatic hydroxyl groups is 1. The van der Waals surface area contributed by atoms with E-state index in [0.717, 1.165) is 32.4 Å². The van der Waals surface area contributed by atoms with E-state index in [0.29, 0.717) is 5.92 Å². The summed E-state index contributed by atoms with van der Waals surface area (Å²) in [7, 11) is 3.88.